The largest absolute Gasteiger partial charge is 0.496 e. The van der Waals surface area contributed by atoms with Crippen LogP contribution < -0.4 is 15.0 Å². The average Bonchev–Trinajstić information content (AvgIpc) is 2.98. The smallest absolute Gasteiger partial charge is 0.259 e. The van der Waals surface area contributed by atoms with Gasteiger partial charge in [-0.15, -0.1) is 0 Å². The summed E-state index contributed by atoms with van der Waals surface area (Å²) in [4.78, 5) is 27.7. The average molecular weight is 559 g/mol. The molecule has 2 aromatic heterocycles. The molecule has 0 unspecified atom stereocenters. The second-order valence-corrected chi connectivity index (χ2v) is 8.83. The molecule has 0 spiro atoms. The van der Waals surface area contributed by atoms with Crippen LogP contribution in [-0.4, -0.2) is 34.2 Å². The van der Waals surface area contributed by atoms with Gasteiger partial charge in [-0.25, -0.2) is 23.7 Å². The van der Waals surface area contributed by atoms with Crippen molar-refractivity contribution in [2.75, 3.05) is 14.2 Å². The summed E-state index contributed by atoms with van der Waals surface area (Å²) in [7, 11) is 3.13. The number of nitrogens with zero attached hydrogens (tertiary/aromatic N) is 3. The molecule has 10 heteroatoms. The maximum Gasteiger partial charge on any atom is 0.259 e. The predicted octanol–water partition coefficient (Wildman–Crippen LogP) is 6.84. The molecule has 0 bridgehead atoms. The third-order valence-electron chi connectivity index (χ3n) is 5.99. The molecule has 0 saturated carbocycles. The Balaban J connectivity index is 0.000000161. The second-order valence-electron chi connectivity index (χ2n) is 8.48. The first kappa shape index (κ1) is 26.7. The standard InChI is InChI=1S/C15H10ClFN2O.C15H11FN2O2/c1-20-13-5-3-2-4-10(13)15-18-12-7-6-9(17)8-11(12)14(16)19-15;1-20-13-5-3-2-4-10(13)14-17-12-7-6-9(16)8-11(12)15(19)18-14/h2-8H,1H3;2-8H,1H3,(H,17,18,19). The van der Waals surface area contributed by atoms with Crippen molar-refractivity contribution in [2.24, 2.45) is 0 Å². The van der Waals surface area contributed by atoms with E-state index >= 15 is 0 Å². The van der Waals surface area contributed by atoms with Crippen LogP contribution in [0.3, 0.4) is 0 Å². The van der Waals surface area contributed by atoms with E-state index in [-0.39, 0.29) is 21.9 Å². The lowest BCUT2D eigenvalue weighted by Crippen LogP contribution is -2.10. The zero-order valence-electron chi connectivity index (χ0n) is 21.3. The van der Waals surface area contributed by atoms with Gasteiger partial charge < -0.3 is 14.5 Å². The number of ether oxygens (including phenoxy) is 2. The van der Waals surface area contributed by atoms with Crippen LogP contribution in [0.15, 0.2) is 89.7 Å². The zero-order valence-corrected chi connectivity index (χ0v) is 22.0. The van der Waals surface area contributed by atoms with Crippen molar-refractivity contribution in [1.29, 1.82) is 0 Å². The molecule has 0 atom stereocenters. The number of nitrogens with one attached hydrogen (secondary N) is 1. The summed E-state index contributed by atoms with van der Waals surface area (Å²) in [5.74, 6) is 1.28. The molecule has 0 fully saturated rings. The van der Waals surface area contributed by atoms with E-state index in [1.807, 2.05) is 36.4 Å². The summed E-state index contributed by atoms with van der Waals surface area (Å²) >= 11 is 6.12. The predicted molar refractivity (Wildman–Crippen MR) is 151 cm³/mol. The molecule has 0 radical (unpaired) electrons. The van der Waals surface area contributed by atoms with Crippen LogP contribution in [0, 0.1) is 11.6 Å². The number of hydrogen-bond donors (Lipinski definition) is 1. The van der Waals surface area contributed by atoms with E-state index in [2.05, 4.69) is 19.9 Å². The highest BCUT2D eigenvalue weighted by Crippen LogP contribution is 2.31. The number of hydrogen-bond acceptors (Lipinski definition) is 6. The summed E-state index contributed by atoms with van der Waals surface area (Å²) in [6.45, 7) is 0. The van der Waals surface area contributed by atoms with Crippen molar-refractivity contribution in [3.8, 4) is 34.3 Å². The van der Waals surface area contributed by atoms with Crippen molar-refractivity contribution in [3.05, 3.63) is 112 Å². The molecule has 2 heterocycles. The Hall–Kier alpha value is -4.89. The quantitative estimate of drug-likeness (QED) is 0.238. The third-order valence-corrected chi connectivity index (χ3v) is 6.28. The Morgan fingerprint density at radius 2 is 1.25 bits per heavy atom. The molecular weight excluding hydrogens is 538 g/mol. The molecule has 0 saturated heterocycles. The van der Waals surface area contributed by atoms with E-state index in [9.17, 15) is 13.6 Å². The summed E-state index contributed by atoms with van der Waals surface area (Å²) in [6.07, 6.45) is 0. The second kappa shape index (κ2) is 11.5. The topological polar surface area (TPSA) is 90.0 Å². The number of aromatic amines is 1. The monoisotopic (exact) mass is 558 g/mol. The molecule has 0 aliphatic heterocycles. The molecule has 4 aromatic carbocycles. The van der Waals surface area contributed by atoms with Gasteiger partial charge in [-0.1, -0.05) is 35.9 Å². The van der Waals surface area contributed by atoms with Crippen LogP contribution in [0.1, 0.15) is 0 Å². The molecule has 6 aromatic rings. The fourth-order valence-electron chi connectivity index (χ4n) is 4.09. The van der Waals surface area contributed by atoms with E-state index < -0.39 is 5.82 Å². The minimum atomic E-state index is -0.463. The van der Waals surface area contributed by atoms with Crippen LogP contribution in [0.4, 0.5) is 8.78 Å². The number of benzene rings is 4. The van der Waals surface area contributed by atoms with Gasteiger partial charge in [0.15, 0.2) is 5.82 Å². The molecule has 1 N–H and O–H groups in total. The van der Waals surface area contributed by atoms with Gasteiger partial charge in [0.25, 0.3) is 5.56 Å². The molecule has 0 amide bonds. The first-order valence-corrected chi connectivity index (χ1v) is 12.3. The number of fused-ring (bicyclic) bond motifs is 2. The first-order chi connectivity index (χ1) is 19.4. The fourth-order valence-corrected chi connectivity index (χ4v) is 4.32. The maximum absolute atomic E-state index is 13.2. The van der Waals surface area contributed by atoms with Crippen molar-refractivity contribution >= 4 is 33.4 Å². The summed E-state index contributed by atoms with van der Waals surface area (Å²) in [5, 5.41) is 0.935. The van der Waals surface area contributed by atoms with E-state index in [0.29, 0.717) is 45.1 Å². The van der Waals surface area contributed by atoms with Crippen molar-refractivity contribution in [2.45, 2.75) is 0 Å². The van der Waals surface area contributed by atoms with Gasteiger partial charge in [0, 0.05) is 5.39 Å². The number of para-hydroxylation sites is 2. The molecule has 0 aliphatic carbocycles. The first-order valence-electron chi connectivity index (χ1n) is 12.0. The van der Waals surface area contributed by atoms with Crippen LogP contribution in [0.2, 0.25) is 5.15 Å². The van der Waals surface area contributed by atoms with Gasteiger partial charge in [0.1, 0.15) is 34.1 Å². The summed E-state index contributed by atoms with van der Waals surface area (Å²) in [5.41, 5.74) is 2.07. The molecule has 7 nitrogen and oxygen atoms in total. The SMILES string of the molecule is COc1ccccc1-c1nc(Cl)c2cc(F)ccc2n1.COc1ccccc1-c1nc2ccc(F)cc2c(=O)[nH]1. The summed E-state index contributed by atoms with van der Waals surface area (Å²) in [6, 6.07) is 22.8. The molecule has 200 valence electrons. The van der Waals surface area contributed by atoms with Crippen LogP contribution in [0.5, 0.6) is 11.5 Å². The highest BCUT2D eigenvalue weighted by molar-refractivity contribution is 6.34. The van der Waals surface area contributed by atoms with Crippen molar-refractivity contribution in [1.82, 2.24) is 19.9 Å². The minimum Gasteiger partial charge on any atom is -0.496 e. The zero-order chi connectivity index (χ0) is 28.2. The number of aromatic nitrogens is 4. The van der Waals surface area contributed by atoms with E-state index in [0.717, 1.165) is 5.56 Å². The Labute approximate surface area is 232 Å². The Kier molecular flexibility index (Phi) is 7.65. The number of rotatable bonds is 4. The number of halogens is 3. The Bertz CT molecular complexity index is 1910. The van der Waals surface area contributed by atoms with Crippen molar-refractivity contribution in [3.63, 3.8) is 0 Å². The van der Waals surface area contributed by atoms with Gasteiger partial charge in [-0.2, -0.15) is 0 Å². The van der Waals surface area contributed by atoms with Gasteiger partial charge in [-0.05, 0) is 60.7 Å². The lowest BCUT2D eigenvalue weighted by atomic mass is 10.1. The van der Waals surface area contributed by atoms with Gasteiger partial charge in [0.05, 0.1) is 41.8 Å². The van der Waals surface area contributed by atoms with Gasteiger partial charge in [0.2, 0.25) is 0 Å². The normalized spacial score (nSPS) is 10.7. The van der Waals surface area contributed by atoms with E-state index in [1.54, 1.807) is 32.4 Å². The lowest BCUT2D eigenvalue weighted by Gasteiger charge is -2.08. The molecule has 40 heavy (non-hydrogen) atoms. The van der Waals surface area contributed by atoms with Gasteiger partial charge >= 0.3 is 0 Å². The molecule has 6 rings (SSSR count). The van der Waals surface area contributed by atoms with Gasteiger partial charge in [-0.3, -0.25) is 4.79 Å². The highest BCUT2D eigenvalue weighted by Gasteiger charge is 2.13. The van der Waals surface area contributed by atoms with E-state index in [4.69, 9.17) is 21.1 Å². The Morgan fingerprint density at radius 3 is 1.90 bits per heavy atom. The summed E-state index contributed by atoms with van der Waals surface area (Å²) < 4.78 is 36.9. The van der Waals surface area contributed by atoms with E-state index in [1.165, 1.54) is 30.3 Å². The van der Waals surface area contributed by atoms with Crippen LogP contribution >= 0.6 is 11.6 Å². The minimum absolute atomic E-state index is 0.218. The maximum atomic E-state index is 13.2. The van der Waals surface area contributed by atoms with Crippen LogP contribution in [0.25, 0.3) is 44.6 Å². The molecular formula is C30H21ClF2N4O3. The highest BCUT2D eigenvalue weighted by atomic mass is 35.5. The van der Waals surface area contributed by atoms with Crippen LogP contribution in [-0.2, 0) is 0 Å². The lowest BCUT2D eigenvalue weighted by molar-refractivity contribution is 0.416. The fraction of sp³-hybridized carbons (Fsp3) is 0.0667. The number of methoxy groups -OCH3 is 2. The molecule has 0 aliphatic rings. The third kappa shape index (κ3) is 5.45. The number of H-pyrrole nitrogens is 1. The van der Waals surface area contributed by atoms with Crippen molar-refractivity contribution < 1.29 is 18.3 Å². The Morgan fingerprint density at radius 1 is 0.700 bits per heavy atom.